The zero-order valence-electron chi connectivity index (χ0n) is 10.0. The number of nitrogens with one attached hydrogen (secondary N) is 1. The standard InChI is InChI=1S/C12H14BrClN2O2/c1-12(3-2-4-18-12)7-16-11(17)9-5-8(13)6-15-10(9)14/h5-6H,2-4,7H2,1H3,(H,16,17). The van der Waals surface area contributed by atoms with E-state index in [0.29, 0.717) is 12.1 Å². The first kappa shape index (κ1) is 13.8. The summed E-state index contributed by atoms with van der Waals surface area (Å²) in [6, 6.07) is 1.66. The molecule has 1 N–H and O–H groups in total. The molecule has 1 aromatic rings. The fourth-order valence-electron chi connectivity index (χ4n) is 1.92. The van der Waals surface area contributed by atoms with Gasteiger partial charge in [0, 0.05) is 23.8 Å². The van der Waals surface area contributed by atoms with Gasteiger partial charge in [-0.2, -0.15) is 0 Å². The first-order chi connectivity index (χ1) is 8.50. The molecule has 0 aliphatic carbocycles. The molecule has 2 heterocycles. The first-order valence-corrected chi connectivity index (χ1v) is 6.90. The van der Waals surface area contributed by atoms with Gasteiger partial charge in [-0.25, -0.2) is 4.98 Å². The van der Waals surface area contributed by atoms with E-state index >= 15 is 0 Å². The van der Waals surface area contributed by atoms with Crippen molar-refractivity contribution in [3.8, 4) is 0 Å². The number of carbonyl (C=O) groups excluding carboxylic acids is 1. The molecule has 18 heavy (non-hydrogen) atoms. The maximum Gasteiger partial charge on any atom is 0.254 e. The number of pyridine rings is 1. The number of nitrogens with zero attached hydrogens (tertiary/aromatic N) is 1. The van der Waals surface area contributed by atoms with Crippen molar-refractivity contribution >= 4 is 33.4 Å². The molecular formula is C12H14BrClN2O2. The molecule has 0 spiro atoms. The number of halogens is 2. The normalized spacial score (nSPS) is 23.1. The summed E-state index contributed by atoms with van der Waals surface area (Å²) in [6.07, 6.45) is 3.55. The van der Waals surface area contributed by atoms with E-state index in [2.05, 4.69) is 26.2 Å². The minimum Gasteiger partial charge on any atom is -0.373 e. The monoisotopic (exact) mass is 332 g/mol. The molecule has 1 saturated heterocycles. The average Bonchev–Trinajstić information content (AvgIpc) is 2.77. The summed E-state index contributed by atoms with van der Waals surface area (Å²) >= 11 is 9.16. The summed E-state index contributed by atoms with van der Waals surface area (Å²) in [6.45, 7) is 3.24. The van der Waals surface area contributed by atoms with Gasteiger partial charge < -0.3 is 10.1 Å². The summed E-state index contributed by atoms with van der Waals surface area (Å²) in [5.41, 5.74) is 0.106. The molecule has 0 saturated carbocycles. The third kappa shape index (κ3) is 3.22. The van der Waals surface area contributed by atoms with Crippen molar-refractivity contribution in [1.29, 1.82) is 0 Å². The van der Waals surface area contributed by atoms with Crippen LogP contribution in [0.5, 0.6) is 0 Å². The summed E-state index contributed by atoms with van der Waals surface area (Å²) < 4.78 is 6.33. The number of ether oxygens (including phenoxy) is 1. The molecule has 0 aromatic carbocycles. The number of hydrogen-bond acceptors (Lipinski definition) is 3. The average molecular weight is 334 g/mol. The molecule has 1 aliphatic heterocycles. The van der Waals surface area contributed by atoms with Crippen LogP contribution >= 0.6 is 27.5 Å². The highest BCUT2D eigenvalue weighted by Gasteiger charge is 2.30. The fourth-order valence-corrected chi connectivity index (χ4v) is 2.44. The Morgan fingerprint density at radius 1 is 1.72 bits per heavy atom. The Balaban J connectivity index is 2.01. The molecular weight excluding hydrogens is 320 g/mol. The van der Waals surface area contributed by atoms with Crippen molar-refractivity contribution in [1.82, 2.24) is 10.3 Å². The van der Waals surface area contributed by atoms with Crippen LogP contribution in [0, 0.1) is 0 Å². The van der Waals surface area contributed by atoms with E-state index in [0.717, 1.165) is 23.9 Å². The van der Waals surface area contributed by atoms with Crippen LogP contribution in [-0.4, -0.2) is 29.6 Å². The van der Waals surface area contributed by atoms with Crippen molar-refractivity contribution in [2.24, 2.45) is 0 Å². The van der Waals surface area contributed by atoms with Crippen molar-refractivity contribution in [3.05, 3.63) is 27.5 Å². The molecule has 6 heteroatoms. The van der Waals surface area contributed by atoms with Crippen molar-refractivity contribution in [2.75, 3.05) is 13.2 Å². The zero-order chi connectivity index (χ0) is 13.2. The van der Waals surface area contributed by atoms with E-state index in [1.807, 2.05) is 6.92 Å². The highest BCUT2D eigenvalue weighted by atomic mass is 79.9. The molecule has 0 radical (unpaired) electrons. The summed E-state index contributed by atoms with van der Waals surface area (Å²) in [7, 11) is 0. The van der Waals surface area contributed by atoms with Crippen molar-refractivity contribution in [3.63, 3.8) is 0 Å². The molecule has 2 rings (SSSR count). The van der Waals surface area contributed by atoms with Crippen LogP contribution < -0.4 is 5.32 Å². The van der Waals surface area contributed by atoms with Gasteiger partial charge in [0.25, 0.3) is 5.91 Å². The molecule has 1 unspecified atom stereocenters. The number of aromatic nitrogens is 1. The lowest BCUT2D eigenvalue weighted by atomic mass is 10.0. The molecule has 1 fully saturated rings. The van der Waals surface area contributed by atoms with Gasteiger partial charge in [-0.1, -0.05) is 11.6 Å². The number of carbonyl (C=O) groups is 1. The quantitative estimate of drug-likeness (QED) is 0.865. The van der Waals surface area contributed by atoms with Crippen LogP contribution in [0.1, 0.15) is 30.1 Å². The van der Waals surface area contributed by atoms with Crippen molar-refractivity contribution < 1.29 is 9.53 Å². The second-order valence-electron chi connectivity index (χ2n) is 4.58. The maximum atomic E-state index is 12.0. The third-order valence-corrected chi connectivity index (χ3v) is 3.71. The second kappa shape index (κ2) is 5.55. The Morgan fingerprint density at radius 2 is 2.50 bits per heavy atom. The third-order valence-electron chi connectivity index (χ3n) is 2.97. The molecule has 98 valence electrons. The van der Waals surface area contributed by atoms with E-state index in [-0.39, 0.29) is 16.7 Å². The summed E-state index contributed by atoms with van der Waals surface area (Å²) in [5, 5.41) is 3.04. The lowest BCUT2D eigenvalue weighted by Crippen LogP contribution is -2.40. The predicted molar refractivity (Wildman–Crippen MR) is 72.9 cm³/mol. The van der Waals surface area contributed by atoms with Gasteiger partial charge in [-0.15, -0.1) is 0 Å². The van der Waals surface area contributed by atoms with Gasteiger partial charge in [0.15, 0.2) is 0 Å². The van der Waals surface area contributed by atoms with Gasteiger partial charge in [0.1, 0.15) is 5.15 Å². The van der Waals surface area contributed by atoms with Gasteiger partial charge in [-0.3, -0.25) is 4.79 Å². The molecule has 1 amide bonds. The largest absolute Gasteiger partial charge is 0.373 e. The lowest BCUT2D eigenvalue weighted by Gasteiger charge is -2.23. The van der Waals surface area contributed by atoms with E-state index in [9.17, 15) is 4.79 Å². The van der Waals surface area contributed by atoms with Crippen LogP contribution in [0.4, 0.5) is 0 Å². The Morgan fingerprint density at radius 3 is 3.17 bits per heavy atom. The molecule has 1 aromatic heterocycles. The van der Waals surface area contributed by atoms with Crippen molar-refractivity contribution in [2.45, 2.75) is 25.4 Å². The Hall–Kier alpha value is -0.650. The topological polar surface area (TPSA) is 51.2 Å². The highest BCUT2D eigenvalue weighted by molar-refractivity contribution is 9.10. The number of rotatable bonds is 3. The minimum atomic E-state index is -0.262. The number of amides is 1. The van der Waals surface area contributed by atoms with E-state index < -0.39 is 0 Å². The number of hydrogen-bond donors (Lipinski definition) is 1. The minimum absolute atomic E-state index is 0.202. The van der Waals surface area contributed by atoms with Gasteiger partial charge in [-0.05, 0) is 41.8 Å². The van der Waals surface area contributed by atoms with Crippen LogP contribution in [0.2, 0.25) is 5.15 Å². The predicted octanol–water partition coefficient (Wildman–Crippen LogP) is 2.80. The lowest BCUT2D eigenvalue weighted by molar-refractivity contribution is 0.0206. The van der Waals surface area contributed by atoms with E-state index in [1.165, 1.54) is 0 Å². The fraction of sp³-hybridized carbons (Fsp3) is 0.500. The first-order valence-electron chi connectivity index (χ1n) is 5.73. The Bertz CT molecular complexity index is 461. The SMILES string of the molecule is CC1(CNC(=O)c2cc(Br)cnc2Cl)CCCO1. The van der Waals surface area contributed by atoms with Gasteiger partial charge in [0.2, 0.25) is 0 Å². The van der Waals surface area contributed by atoms with Crippen LogP contribution in [-0.2, 0) is 4.74 Å². The van der Waals surface area contributed by atoms with Gasteiger partial charge in [0.05, 0.1) is 11.2 Å². The highest BCUT2D eigenvalue weighted by Crippen LogP contribution is 2.24. The molecule has 1 atom stereocenters. The van der Waals surface area contributed by atoms with E-state index in [1.54, 1.807) is 12.3 Å². The van der Waals surface area contributed by atoms with E-state index in [4.69, 9.17) is 16.3 Å². The maximum absolute atomic E-state index is 12.0. The summed E-state index contributed by atoms with van der Waals surface area (Å²) in [4.78, 5) is 15.9. The van der Waals surface area contributed by atoms with Crippen LogP contribution in [0.15, 0.2) is 16.7 Å². The molecule has 0 bridgehead atoms. The van der Waals surface area contributed by atoms with Crippen LogP contribution in [0.3, 0.4) is 0 Å². The second-order valence-corrected chi connectivity index (χ2v) is 5.85. The Labute approximate surface area is 119 Å². The van der Waals surface area contributed by atoms with Gasteiger partial charge >= 0.3 is 0 Å². The van der Waals surface area contributed by atoms with Crippen LogP contribution in [0.25, 0.3) is 0 Å². The molecule has 4 nitrogen and oxygen atoms in total. The smallest absolute Gasteiger partial charge is 0.254 e. The summed E-state index contributed by atoms with van der Waals surface area (Å²) in [5.74, 6) is -0.231. The Kier molecular flexibility index (Phi) is 4.25. The molecule has 1 aliphatic rings. The zero-order valence-corrected chi connectivity index (χ0v) is 12.3.